The van der Waals surface area contributed by atoms with Crippen LogP contribution in [0.25, 0.3) is 6.08 Å². The maximum absolute atomic E-state index is 11.7. The maximum atomic E-state index is 11.7. The van der Waals surface area contributed by atoms with Crippen LogP contribution in [0.1, 0.15) is 26.3 Å². The van der Waals surface area contributed by atoms with Crippen molar-refractivity contribution in [2.45, 2.75) is 20.8 Å². The average molecular weight is 243 g/mol. The third kappa shape index (κ3) is 4.84. The van der Waals surface area contributed by atoms with Gasteiger partial charge in [0.2, 0.25) is 0 Å². The second kappa shape index (κ2) is 6.02. The van der Waals surface area contributed by atoms with Gasteiger partial charge in [-0.25, -0.2) is 4.79 Å². The van der Waals surface area contributed by atoms with Crippen LogP contribution in [0.2, 0.25) is 0 Å². The van der Waals surface area contributed by atoms with Crippen LogP contribution in [-0.2, 0) is 9.53 Å². The smallest absolute Gasteiger partial charge is 0.348 e. The van der Waals surface area contributed by atoms with Gasteiger partial charge < -0.3 is 4.74 Å². The van der Waals surface area contributed by atoms with Crippen LogP contribution < -0.4 is 0 Å². The second-order valence-electron chi connectivity index (χ2n) is 5.22. The van der Waals surface area contributed by atoms with E-state index in [-0.39, 0.29) is 11.0 Å². The number of ether oxygens (including phenoxy) is 1. The number of rotatable bonds is 3. The van der Waals surface area contributed by atoms with Gasteiger partial charge in [-0.05, 0) is 17.1 Å². The Morgan fingerprint density at radius 3 is 2.44 bits per heavy atom. The van der Waals surface area contributed by atoms with Crippen molar-refractivity contribution in [3.8, 4) is 6.07 Å². The Morgan fingerprint density at radius 2 is 1.94 bits per heavy atom. The van der Waals surface area contributed by atoms with Crippen molar-refractivity contribution in [2.75, 3.05) is 6.61 Å². The number of esters is 1. The first-order chi connectivity index (χ1) is 8.42. The SMILES string of the molecule is CC(C)(C)COC(=O)/C(C#N)=C\c1ccccc1. The summed E-state index contributed by atoms with van der Waals surface area (Å²) in [7, 11) is 0. The molecule has 1 rings (SSSR count). The lowest BCUT2D eigenvalue weighted by Gasteiger charge is -2.17. The van der Waals surface area contributed by atoms with Gasteiger partial charge in [-0.2, -0.15) is 5.26 Å². The quantitative estimate of drug-likeness (QED) is 0.465. The number of carbonyl (C=O) groups is 1. The molecule has 94 valence electrons. The molecule has 0 heterocycles. The average Bonchev–Trinajstić information content (AvgIpc) is 2.33. The van der Waals surface area contributed by atoms with E-state index in [4.69, 9.17) is 10.00 Å². The summed E-state index contributed by atoms with van der Waals surface area (Å²) in [5.41, 5.74) is 0.718. The Balaban J connectivity index is 2.76. The summed E-state index contributed by atoms with van der Waals surface area (Å²) >= 11 is 0. The zero-order chi connectivity index (χ0) is 13.6. The number of nitrogens with zero attached hydrogens (tertiary/aromatic N) is 1. The zero-order valence-electron chi connectivity index (χ0n) is 10.9. The third-order valence-electron chi connectivity index (χ3n) is 2.09. The van der Waals surface area contributed by atoms with E-state index in [2.05, 4.69) is 0 Å². The summed E-state index contributed by atoms with van der Waals surface area (Å²) in [5.74, 6) is -0.573. The molecular weight excluding hydrogens is 226 g/mol. The molecule has 0 unspecified atom stereocenters. The van der Waals surface area contributed by atoms with E-state index < -0.39 is 5.97 Å². The van der Waals surface area contributed by atoms with Crippen LogP contribution in [-0.4, -0.2) is 12.6 Å². The molecule has 3 heteroatoms. The summed E-state index contributed by atoms with van der Waals surface area (Å²) in [6.07, 6.45) is 1.53. The lowest BCUT2D eigenvalue weighted by Crippen LogP contribution is -2.19. The van der Waals surface area contributed by atoms with E-state index in [1.54, 1.807) is 0 Å². The molecule has 0 fully saturated rings. The molecule has 0 saturated carbocycles. The summed E-state index contributed by atoms with van der Waals surface area (Å²) < 4.78 is 5.10. The molecular formula is C15H17NO2. The fraction of sp³-hybridized carbons (Fsp3) is 0.333. The first kappa shape index (κ1) is 14.0. The highest BCUT2D eigenvalue weighted by Gasteiger charge is 2.16. The minimum atomic E-state index is -0.573. The van der Waals surface area contributed by atoms with Gasteiger partial charge in [0.15, 0.2) is 0 Å². The number of hydrogen-bond acceptors (Lipinski definition) is 3. The largest absolute Gasteiger partial charge is 0.461 e. The molecule has 0 aliphatic rings. The summed E-state index contributed by atoms with van der Waals surface area (Å²) in [6.45, 7) is 6.19. The van der Waals surface area contributed by atoms with Gasteiger partial charge in [-0.15, -0.1) is 0 Å². The van der Waals surface area contributed by atoms with E-state index in [0.717, 1.165) is 5.56 Å². The number of benzene rings is 1. The van der Waals surface area contributed by atoms with Crippen molar-refractivity contribution >= 4 is 12.0 Å². The van der Waals surface area contributed by atoms with Gasteiger partial charge in [0, 0.05) is 0 Å². The fourth-order valence-electron chi connectivity index (χ4n) is 1.21. The monoisotopic (exact) mass is 243 g/mol. The molecule has 0 saturated heterocycles. The zero-order valence-corrected chi connectivity index (χ0v) is 10.9. The van der Waals surface area contributed by atoms with Gasteiger partial charge in [0.05, 0.1) is 6.61 Å². The van der Waals surface area contributed by atoms with Crippen molar-refractivity contribution < 1.29 is 9.53 Å². The Kier molecular flexibility index (Phi) is 4.67. The lowest BCUT2D eigenvalue weighted by molar-refractivity contribution is -0.141. The highest BCUT2D eigenvalue weighted by molar-refractivity contribution is 5.97. The highest BCUT2D eigenvalue weighted by atomic mass is 16.5. The van der Waals surface area contributed by atoms with Crippen molar-refractivity contribution in [2.24, 2.45) is 5.41 Å². The van der Waals surface area contributed by atoms with Gasteiger partial charge >= 0.3 is 5.97 Å². The number of nitriles is 1. The molecule has 0 atom stereocenters. The van der Waals surface area contributed by atoms with Crippen LogP contribution in [0.5, 0.6) is 0 Å². The lowest BCUT2D eigenvalue weighted by atomic mass is 9.99. The van der Waals surface area contributed by atoms with Gasteiger partial charge in [0.1, 0.15) is 11.6 Å². The van der Waals surface area contributed by atoms with E-state index in [1.165, 1.54) is 6.08 Å². The van der Waals surface area contributed by atoms with E-state index >= 15 is 0 Å². The molecule has 0 aliphatic carbocycles. The van der Waals surface area contributed by atoms with Crippen LogP contribution in [0.15, 0.2) is 35.9 Å². The molecule has 0 spiro atoms. The Hall–Kier alpha value is -2.08. The third-order valence-corrected chi connectivity index (χ3v) is 2.09. The molecule has 0 aromatic heterocycles. The van der Waals surface area contributed by atoms with Gasteiger partial charge in [0.25, 0.3) is 0 Å². The fourth-order valence-corrected chi connectivity index (χ4v) is 1.21. The van der Waals surface area contributed by atoms with E-state index in [1.807, 2.05) is 57.2 Å². The van der Waals surface area contributed by atoms with Crippen LogP contribution in [0, 0.1) is 16.7 Å². The molecule has 18 heavy (non-hydrogen) atoms. The molecule has 0 aliphatic heterocycles. The van der Waals surface area contributed by atoms with Crippen LogP contribution in [0.4, 0.5) is 0 Å². The first-order valence-corrected chi connectivity index (χ1v) is 5.76. The summed E-state index contributed by atoms with van der Waals surface area (Å²) in [4.78, 5) is 11.7. The van der Waals surface area contributed by atoms with Crippen molar-refractivity contribution in [1.82, 2.24) is 0 Å². The molecule has 1 aromatic rings. The van der Waals surface area contributed by atoms with Crippen molar-refractivity contribution in [3.05, 3.63) is 41.5 Å². The van der Waals surface area contributed by atoms with Crippen molar-refractivity contribution in [1.29, 1.82) is 5.26 Å². The van der Waals surface area contributed by atoms with Gasteiger partial charge in [-0.3, -0.25) is 0 Å². The number of hydrogen-bond donors (Lipinski definition) is 0. The minimum Gasteiger partial charge on any atom is -0.461 e. The number of carbonyl (C=O) groups excluding carboxylic acids is 1. The Labute approximate surface area is 108 Å². The first-order valence-electron chi connectivity index (χ1n) is 5.76. The van der Waals surface area contributed by atoms with E-state index in [9.17, 15) is 4.79 Å². The molecule has 1 aromatic carbocycles. The molecule has 0 bridgehead atoms. The predicted molar refractivity (Wildman–Crippen MR) is 70.4 cm³/mol. The second-order valence-corrected chi connectivity index (χ2v) is 5.22. The minimum absolute atomic E-state index is 0.0189. The standard InChI is InChI=1S/C15H17NO2/c1-15(2,3)11-18-14(17)13(10-16)9-12-7-5-4-6-8-12/h4-9H,11H2,1-3H3/b13-9-. The van der Waals surface area contributed by atoms with Crippen LogP contribution in [0.3, 0.4) is 0 Å². The predicted octanol–water partition coefficient (Wildman–Crippen LogP) is 3.18. The highest BCUT2D eigenvalue weighted by Crippen LogP contribution is 2.15. The van der Waals surface area contributed by atoms with Crippen LogP contribution >= 0.6 is 0 Å². The summed E-state index contributed by atoms with van der Waals surface area (Å²) in [6, 6.07) is 11.1. The molecule has 0 amide bonds. The Morgan fingerprint density at radius 1 is 1.33 bits per heavy atom. The molecule has 0 radical (unpaired) electrons. The van der Waals surface area contributed by atoms with E-state index in [0.29, 0.717) is 6.61 Å². The summed E-state index contributed by atoms with van der Waals surface area (Å²) in [5, 5.41) is 8.97. The molecule has 0 N–H and O–H groups in total. The van der Waals surface area contributed by atoms with Gasteiger partial charge in [-0.1, -0.05) is 51.1 Å². The topological polar surface area (TPSA) is 50.1 Å². The maximum Gasteiger partial charge on any atom is 0.348 e. The normalized spacial score (nSPS) is 11.8. The van der Waals surface area contributed by atoms with Crippen molar-refractivity contribution in [3.63, 3.8) is 0 Å². The molecule has 3 nitrogen and oxygen atoms in total. The Bertz CT molecular complexity index is 475.